The summed E-state index contributed by atoms with van der Waals surface area (Å²) in [6.07, 6.45) is 3.97. The zero-order valence-electron chi connectivity index (χ0n) is 11.4. The predicted octanol–water partition coefficient (Wildman–Crippen LogP) is 2.46. The summed E-state index contributed by atoms with van der Waals surface area (Å²) in [6, 6.07) is 0. The highest BCUT2D eigenvalue weighted by atomic mass is 79.9. The van der Waals surface area contributed by atoms with E-state index >= 15 is 0 Å². The van der Waals surface area contributed by atoms with Gasteiger partial charge in [-0.1, -0.05) is 28.0 Å². The fourth-order valence-corrected chi connectivity index (χ4v) is 2.19. The molecule has 0 radical (unpaired) electrons. The number of rotatable bonds is 6. The van der Waals surface area contributed by atoms with Gasteiger partial charge in [0.25, 0.3) is 0 Å². The van der Waals surface area contributed by atoms with Crippen LogP contribution in [0.1, 0.15) is 39.5 Å². The molecule has 0 N–H and O–H groups in total. The van der Waals surface area contributed by atoms with Crippen LogP contribution in [-0.2, 0) is 19.2 Å². The van der Waals surface area contributed by atoms with E-state index in [1.54, 1.807) is 6.92 Å². The lowest BCUT2D eigenvalue weighted by molar-refractivity contribution is -0.136. The second-order valence-corrected chi connectivity index (χ2v) is 5.27. The topological polar surface area (TPSA) is 65.0 Å². The first-order valence-corrected chi connectivity index (χ1v) is 7.70. The summed E-state index contributed by atoms with van der Waals surface area (Å²) >= 11 is 3.01. The van der Waals surface area contributed by atoms with Crippen molar-refractivity contribution < 1.29 is 19.2 Å². The number of ketones is 1. The Morgan fingerprint density at radius 1 is 1.26 bits per heavy atom. The minimum absolute atomic E-state index is 0.0104. The summed E-state index contributed by atoms with van der Waals surface area (Å²) in [5.74, 6) is -0.448. The fourth-order valence-electron chi connectivity index (χ4n) is 1.93. The van der Waals surface area contributed by atoms with Gasteiger partial charge in [0, 0.05) is 0 Å². The number of halogens is 1. The van der Waals surface area contributed by atoms with Crippen molar-refractivity contribution in [3.05, 3.63) is 0 Å². The van der Waals surface area contributed by atoms with Crippen LogP contribution in [0.25, 0.3) is 0 Å². The summed E-state index contributed by atoms with van der Waals surface area (Å²) in [5.41, 5.74) is -0.266. The quantitative estimate of drug-likeness (QED) is 0.246. The largest absolute Gasteiger partial charge is 0.461 e. The van der Waals surface area contributed by atoms with Gasteiger partial charge in [0.2, 0.25) is 11.5 Å². The van der Waals surface area contributed by atoms with Crippen molar-refractivity contribution >= 4 is 33.4 Å². The lowest BCUT2D eigenvalue weighted by Gasteiger charge is -2.24. The summed E-state index contributed by atoms with van der Waals surface area (Å²) < 4.78 is 4.79. The van der Waals surface area contributed by atoms with Gasteiger partial charge in [-0.2, -0.15) is 0 Å². The molecule has 0 atom stereocenters. The smallest absolute Gasteiger partial charge is 0.364 e. The molecule has 0 aromatic rings. The second-order valence-electron chi connectivity index (χ2n) is 4.70. The molecule has 1 rings (SSSR count). The highest BCUT2D eigenvalue weighted by Gasteiger charge is 2.24. The van der Waals surface area contributed by atoms with E-state index in [9.17, 15) is 9.59 Å². The van der Waals surface area contributed by atoms with Crippen molar-refractivity contribution in [1.82, 2.24) is 0 Å². The molecule has 5 nitrogen and oxygen atoms in total. The van der Waals surface area contributed by atoms with Gasteiger partial charge >= 0.3 is 5.97 Å². The molecule has 0 unspecified atom stereocenters. The van der Waals surface area contributed by atoms with Crippen molar-refractivity contribution in [2.75, 3.05) is 11.9 Å². The van der Waals surface area contributed by atoms with Crippen LogP contribution in [0, 0.1) is 5.92 Å². The first-order chi connectivity index (χ1) is 9.08. The average molecular weight is 334 g/mol. The number of oxime groups is 1. The highest BCUT2D eigenvalue weighted by Crippen LogP contribution is 2.25. The first-order valence-electron chi connectivity index (χ1n) is 6.58. The molecule has 6 heteroatoms. The third kappa shape index (κ3) is 5.30. The van der Waals surface area contributed by atoms with Crippen LogP contribution in [0.5, 0.6) is 0 Å². The van der Waals surface area contributed by atoms with Crippen LogP contribution in [0.4, 0.5) is 0 Å². The highest BCUT2D eigenvalue weighted by molar-refractivity contribution is 9.09. The molecule has 19 heavy (non-hydrogen) atoms. The van der Waals surface area contributed by atoms with Gasteiger partial charge in [-0.3, -0.25) is 4.79 Å². The molecular weight excluding hydrogens is 314 g/mol. The van der Waals surface area contributed by atoms with E-state index < -0.39 is 11.8 Å². The van der Waals surface area contributed by atoms with Crippen molar-refractivity contribution in [2.24, 2.45) is 11.1 Å². The molecule has 1 aliphatic rings. The molecule has 0 heterocycles. The lowest BCUT2D eigenvalue weighted by atomic mass is 9.89. The Morgan fingerprint density at radius 3 is 2.42 bits per heavy atom. The van der Waals surface area contributed by atoms with E-state index in [0.717, 1.165) is 25.7 Å². The third-order valence-electron chi connectivity index (χ3n) is 3.11. The third-order valence-corrected chi connectivity index (χ3v) is 3.62. The monoisotopic (exact) mass is 333 g/mol. The zero-order valence-corrected chi connectivity index (χ0v) is 12.9. The maximum absolute atomic E-state index is 11.6. The van der Waals surface area contributed by atoms with E-state index in [-0.39, 0.29) is 23.8 Å². The van der Waals surface area contributed by atoms with Gasteiger partial charge < -0.3 is 9.57 Å². The molecule has 0 amide bonds. The first kappa shape index (κ1) is 16.1. The molecule has 0 aromatic carbocycles. The molecular formula is C13H20BrNO4. The van der Waals surface area contributed by atoms with E-state index in [2.05, 4.69) is 28.0 Å². The maximum Gasteiger partial charge on any atom is 0.364 e. The van der Waals surface area contributed by atoms with Crippen molar-refractivity contribution in [3.63, 3.8) is 0 Å². The fraction of sp³-hybridized carbons (Fsp3) is 0.769. The van der Waals surface area contributed by atoms with Crippen molar-refractivity contribution in [2.45, 2.75) is 45.6 Å². The molecule has 108 valence electrons. The Balaban J connectivity index is 2.61. The van der Waals surface area contributed by atoms with Crippen LogP contribution in [0.3, 0.4) is 0 Å². The van der Waals surface area contributed by atoms with Crippen LogP contribution in [-0.4, -0.2) is 35.5 Å². The summed E-state index contributed by atoms with van der Waals surface area (Å²) in [4.78, 5) is 28.5. The zero-order chi connectivity index (χ0) is 14.3. The Hall–Kier alpha value is -0.910. The summed E-state index contributed by atoms with van der Waals surface area (Å²) in [7, 11) is 0. The van der Waals surface area contributed by atoms with E-state index in [1.165, 1.54) is 0 Å². The van der Waals surface area contributed by atoms with Crippen molar-refractivity contribution in [1.29, 1.82) is 0 Å². The number of carbonyl (C=O) groups excluding carboxylic acids is 2. The molecule has 0 aliphatic heterocycles. The number of ether oxygens (including phenoxy) is 1. The van der Waals surface area contributed by atoms with Crippen molar-refractivity contribution in [3.8, 4) is 0 Å². The number of alkyl halides is 1. The van der Waals surface area contributed by atoms with Gasteiger partial charge in [0.15, 0.2) is 0 Å². The van der Waals surface area contributed by atoms with Gasteiger partial charge in [0.1, 0.15) is 6.10 Å². The number of nitrogens with zero attached hydrogens (tertiary/aromatic N) is 1. The Morgan fingerprint density at radius 2 is 1.89 bits per heavy atom. The molecule has 0 saturated heterocycles. The Kier molecular flexibility index (Phi) is 7.05. The predicted molar refractivity (Wildman–Crippen MR) is 75.4 cm³/mol. The second kappa shape index (κ2) is 8.30. The van der Waals surface area contributed by atoms with Gasteiger partial charge in [-0.25, -0.2) is 4.79 Å². The molecule has 0 bridgehead atoms. The van der Waals surface area contributed by atoms with E-state index in [0.29, 0.717) is 5.92 Å². The normalized spacial score (nSPS) is 23.8. The number of esters is 1. The van der Waals surface area contributed by atoms with E-state index in [4.69, 9.17) is 9.57 Å². The van der Waals surface area contributed by atoms with Crippen LogP contribution < -0.4 is 0 Å². The van der Waals surface area contributed by atoms with Gasteiger partial charge in [-0.05, 0) is 38.5 Å². The van der Waals surface area contributed by atoms with Crippen LogP contribution >= 0.6 is 15.9 Å². The Bertz CT molecular complexity index is 349. The Labute approximate surface area is 121 Å². The maximum atomic E-state index is 11.6. The number of carbonyl (C=O) groups is 2. The minimum Gasteiger partial charge on any atom is -0.461 e. The average Bonchev–Trinajstić information content (AvgIpc) is 2.41. The van der Waals surface area contributed by atoms with Crippen LogP contribution in [0.15, 0.2) is 5.16 Å². The minimum atomic E-state index is -0.726. The molecule has 1 fully saturated rings. The van der Waals surface area contributed by atoms with Crippen LogP contribution in [0.2, 0.25) is 0 Å². The summed E-state index contributed by atoms with van der Waals surface area (Å²) in [6.45, 7) is 4.09. The lowest BCUT2D eigenvalue weighted by Crippen LogP contribution is -2.29. The molecule has 0 aromatic heterocycles. The standard InChI is InChI=1S/C13H20BrNO4/c1-3-18-13(17)12(11(16)8-14)15-19-10-6-4-9(2)5-7-10/h9-10H,3-8H2,1-2H3/t9-,10+. The number of Topliss-reactive ketones (excluding diaryl/α,β-unsaturated/α-hetero) is 1. The summed E-state index contributed by atoms with van der Waals surface area (Å²) in [5, 5.41) is 3.75. The number of hydrogen-bond acceptors (Lipinski definition) is 5. The molecule has 1 aliphatic carbocycles. The van der Waals surface area contributed by atoms with Gasteiger partial charge in [0.05, 0.1) is 11.9 Å². The number of hydrogen-bond donors (Lipinski definition) is 0. The SMILES string of the molecule is CCOC(=O)C(=NO[C@H]1CC[C@@H](C)CC1)C(=O)CBr. The van der Waals surface area contributed by atoms with Gasteiger partial charge in [-0.15, -0.1) is 0 Å². The van der Waals surface area contributed by atoms with E-state index in [1.807, 2.05) is 0 Å². The molecule has 0 spiro atoms. The molecule has 1 saturated carbocycles.